The minimum atomic E-state index is -0.427. The number of halogens is 1. The molecule has 2 N–H and O–H groups in total. The number of carbonyl (C=O) groups is 1. The number of rotatable bonds is 4. The van der Waals surface area contributed by atoms with Crippen molar-refractivity contribution in [3.8, 4) is 0 Å². The van der Waals surface area contributed by atoms with Crippen LogP contribution in [0.15, 0.2) is 18.2 Å². The van der Waals surface area contributed by atoms with Gasteiger partial charge < -0.3 is 20.2 Å². The lowest BCUT2D eigenvalue weighted by molar-refractivity contribution is 0.0766. The Hall–Kier alpha value is -1.82. The quantitative estimate of drug-likeness (QED) is 0.886. The van der Waals surface area contributed by atoms with Crippen molar-refractivity contribution >= 4 is 17.4 Å². The molecule has 2 amide bonds. The van der Waals surface area contributed by atoms with E-state index in [0.717, 1.165) is 12.8 Å². The normalized spacial score (nSPS) is 19.3. The first-order valence-corrected chi connectivity index (χ1v) is 8.56. The summed E-state index contributed by atoms with van der Waals surface area (Å²) in [5, 5.41) is 12.5. The molecule has 0 bridgehead atoms. The summed E-state index contributed by atoms with van der Waals surface area (Å²) in [6, 6.07) is 4.68. The minimum Gasteiger partial charge on any atom is -0.393 e. The predicted octanol–water partition coefficient (Wildman–Crippen LogP) is 3.30. The summed E-state index contributed by atoms with van der Waals surface area (Å²) in [4.78, 5) is 15.9. The summed E-state index contributed by atoms with van der Waals surface area (Å²) in [5.74, 6) is -0.257. The molecule has 2 atom stereocenters. The molecular formula is C18H28FN3O2. The van der Waals surface area contributed by atoms with Gasteiger partial charge in [0.25, 0.3) is 0 Å². The number of nitrogens with zero attached hydrogens (tertiary/aromatic N) is 2. The molecule has 1 aromatic rings. The zero-order valence-corrected chi connectivity index (χ0v) is 14.9. The largest absolute Gasteiger partial charge is 0.393 e. The van der Waals surface area contributed by atoms with Gasteiger partial charge in [0.15, 0.2) is 0 Å². The minimum absolute atomic E-state index is 0.100. The lowest BCUT2D eigenvalue weighted by Gasteiger charge is -2.34. The van der Waals surface area contributed by atoms with Gasteiger partial charge in [-0.25, -0.2) is 9.18 Å². The molecule has 6 heteroatoms. The zero-order valence-electron chi connectivity index (χ0n) is 14.9. The van der Waals surface area contributed by atoms with Gasteiger partial charge in [0, 0.05) is 37.8 Å². The number of aliphatic hydroxyl groups excluding tert-OH is 1. The number of benzene rings is 1. The highest BCUT2D eigenvalue weighted by Gasteiger charge is 2.26. The smallest absolute Gasteiger partial charge is 0.321 e. The number of urea groups is 1. The van der Waals surface area contributed by atoms with Gasteiger partial charge in [-0.1, -0.05) is 0 Å². The van der Waals surface area contributed by atoms with Gasteiger partial charge in [0.2, 0.25) is 0 Å². The van der Waals surface area contributed by atoms with E-state index in [4.69, 9.17) is 0 Å². The second kappa shape index (κ2) is 7.83. The van der Waals surface area contributed by atoms with Crippen LogP contribution in [0.2, 0.25) is 0 Å². The number of piperidine rings is 1. The van der Waals surface area contributed by atoms with E-state index < -0.39 is 6.10 Å². The van der Waals surface area contributed by atoms with Crippen LogP contribution in [0, 0.1) is 11.7 Å². The van der Waals surface area contributed by atoms with Crippen molar-refractivity contribution in [2.24, 2.45) is 5.92 Å². The predicted molar refractivity (Wildman–Crippen MR) is 94.9 cm³/mol. The molecule has 2 unspecified atom stereocenters. The van der Waals surface area contributed by atoms with Gasteiger partial charge in [0.05, 0.1) is 11.8 Å². The molecule has 1 fully saturated rings. The third-order valence-corrected chi connectivity index (χ3v) is 4.78. The molecule has 1 aromatic carbocycles. The van der Waals surface area contributed by atoms with Crippen LogP contribution in [0.4, 0.5) is 20.6 Å². The first-order chi connectivity index (χ1) is 11.3. The Morgan fingerprint density at radius 3 is 2.71 bits per heavy atom. The molecule has 2 rings (SSSR count). The Labute approximate surface area is 143 Å². The highest BCUT2D eigenvalue weighted by Crippen LogP contribution is 2.24. The molecule has 0 aromatic heterocycles. The molecule has 0 aliphatic carbocycles. The second-order valence-corrected chi connectivity index (χ2v) is 6.89. The average Bonchev–Trinajstić information content (AvgIpc) is 2.54. The van der Waals surface area contributed by atoms with Crippen LogP contribution in [0.1, 0.15) is 33.6 Å². The van der Waals surface area contributed by atoms with Gasteiger partial charge >= 0.3 is 6.03 Å². The van der Waals surface area contributed by atoms with E-state index in [9.17, 15) is 14.3 Å². The van der Waals surface area contributed by atoms with Gasteiger partial charge in [-0.05, 0) is 51.8 Å². The molecule has 0 radical (unpaired) electrons. The van der Waals surface area contributed by atoms with E-state index in [0.29, 0.717) is 24.5 Å². The summed E-state index contributed by atoms with van der Waals surface area (Å²) in [7, 11) is 1.84. The molecular weight excluding hydrogens is 309 g/mol. The number of carbonyl (C=O) groups excluding carboxylic acids is 1. The number of nitrogens with one attached hydrogen (secondary N) is 1. The number of amides is 2. The molecule has 1 saturated heterocycles. The maximum atomic E-state index is 14.3. The highest BCUT2D eigenvalue weighted by molar-refractivity contribution is 5.89. The van der Waals surface area contributed by atoms with Crippen LogP contribution >= 0.6 is 0 Å². The van der Waals surface area contributed by atoms with Crippen molar-refractivity contribution in [3.63, 3.8) is 0 Å². The van der Waals surface area contributed by atoms with E-state index in [2.05, 4.69) is 5.32 Å². The summed E-state index contributed by atoms with van der Waals surface area (Å²) < 4.78 is 14.3. The fourth-order valence-electron chi connectivity index (χ4n) is 2.94. The third kappa shape index (κ3) is 4.38. The lowest BCUT2D eigenvalue weighted by atomic mass is 9.94. The number of aliphatic hydroxyl groups is 1. The van der Waals surface area contributed by atoms with E-state index in [-0.39, 0.29) is 23.8 Å². The summed E-state index contributed by atoms with van der Waals surface area (Å²) in [6.45, 7) is 6.92. The van der Waals surface area contributed by atoms with Crippen LogP contribution in [-0.4, -0.2) is 48.3 Å². The van der Waals surface area contributed by atoms with Crippen molar-refractivity contribution in [1.82, 2.24) is 4.90 Å². The molecule has 5 nitrogen and oxygen atoms in total. The molecule has 1 heterocycles. The first kappa shape index (κ1) is 18.5. The zero-order chi connectivity index (χ0) is 17.9. The Morgan fingerprint density at radius 2 is 2.12 bits per heavy atom. The maximum Gasteiger partial charge on any atom is 0.321 e. The van der Waals surface area contributed by atoms with E-state index in [1.807, 2.05) is 25.8 Å². The Balaban J connectivity index is 2.03. The van der Waals surface area contributed by atoms with Crippen LogP contribution < -0.4 is 10.2 Å². The van der Waals surface area contributed by atoms with E-state index in [1.54, 1.807) is 24.0 Å². The number of hydrogen-bond acceptors (Lipinski definition) is 3. The fraction of sp³-hybridized carbons (Fsp3) is 0.611. The molecule has 134 valence electrons. The van der Waals surface area contributed by atoms with Gasteiger partial charge in [-0.3, -0.25) is 0 Å². The number of hydrogen-bond donors (Lipinski definition) is 2. The van der Waals surface area contributed by atoms with Crippen LogP contribution in [0.5, 0.6) is 0 Å². The van der Waals surface area contributed by atoms with Crippen molar-refractivity contribution < 1.29 is 14.3 Å². The molecule has 1 aliphatic heterocycles. The molecule has 24 heavy (non-hydrogen) atoms. The molecule has 0 spiro atoms. The molecule has 0 saturated carbocycles. The first-order valence-electron chi connectivity index (χ1n) is 8.56. The van der Waals surface area contributed by atoms with Gasteiger partial charge in [-0.15, -0.1) is 0 Å². The van der Waals surface area contributed by atoms with Crippen molar-refractivity contribution in [3.05, 3.63) is 24.0 Å². The van der Waals surface area contributed by atoms with E-state index >= 15 is 0 Å². The van der Waals surface area contributed by atoms with Crippen LogP contribution in [0.25, 0.3) is 0 Å². The van der Waals surface area contributed by atoms with Crippen molar-refractivity contribution in [1.29, 1.82) is 0 Å². The van der Waals surface area contributed by atoms with E-state index in [1.165, 1.54) is 6.07 Å². The van der Waals surface area contributed by atoms with Crippen LogP contribution in [-0.2, 0) is 0 Å². The fourth-order valence-corrected chi connectivity index (χ4v) is 2.94. The Morgan fingerprint density at radius 1 is 1.42 bits per heavy atom. The highest BCUT2D eigenvalue weighted by atomic mass is 19.1. The SMILES string of the molecule is CC(O)C1CCCN(C(=O)Nc2ccc(N(C)C(C)C)c(F)c2)C1. The standard InChI is InChI=1S/C18H28FN3O2/c1-12(2)21(4)17-8-7-15(10-16(17)19)20-18(24)22-9-5-6-14(11-22)13(3)23/h7-8,10,12-14,23H,5-6,9,11H2,1-4H3,(H,20,24). The Bertz CT molecular complexity index is 577. The van der Waals surface area contributed by atoms with Crippen molar-refractivity contribution in [2.45, 2.75) is 45.8 Å². The monoisotopic (exact) mass is 337 g/mol. The summed E-state index contributed by atoms with van der Waals surface area (Å²) in [6.07, 6.45) is 1.37. The average molecular weight is 337 g/mol. The van der Waals surface area contributed by atoms with Gasteiger partial charge in [0.1, 0.15) is 5.82 Å². The second-order valence-electron chi connectivity index (χ2n) is 6.89. The molecule has 1 aliphatic rings. The Kier molecular flexibility index (Phi) is 6.04. The number of anilines is 2. The van der Waals surface area contributed by atoms with Gasteiger partial charge in [-0.2, -0.15) is 0 Å². The number of likely N-dealkylation sites (tertiary alicyclic amines) is 1. The maximum absolute atomic E-state index is 14.3. The summed E-state index contributed by atoms with van der Waals surface area (Å²) in [5.41, 5.74) is 0.952. The third-order valence-electron chi connectivity index (χ3n) is 4.78. The summed E-state index contributed by atoms with van der Waals surface area (Å²) >= 11 is 0. The van der Waals surface area contributed by atoms with Crippen molar-refractivity contribution in [2.75, 3.05) is 30.4 Å². The lowest BCUT2D eigenvalue weighted by Crippen LogP contribution is -2.44. The van der Waals surface area contributed by atoms with Crippen LogP contribution in [0.3, 0.4) is 0 Å². The topological polar surface area (TPSA) is 55.8 Å².